The number of rotatable bonds is 7. The molecule has 0 amide bonds. The number of aliphatic carboxylic acids is 1. The van der Waals surface area contributed by atoms with Crippen LogP contribution in [0.15, 0.2) is 91.1 Å². The van der Waals surface area contributed by atoms with Crippen molar-refractivity contribution in [1.29, 1.82) is 5.26 Å². The number of fused-ring (bicyclic) bond motifs is 1. The third-order valence-electron chi connectivity index (χ3n) is 5.84. The van der Waals surface area contributed by atoms with Gasteiger partial charge in [0.25, 0.3) is 0 Å². The van der Waals surface area contributed by atoms with E-state index >= 15 is 0 Å². The number of para-hydroxylation sites is 1. The molecule has 1 aromatic heterocycles. The molecule has 4 rings (SSSR count). The second-order valence-electron chi connectivity index (χ2n) is 7.63. The van der Waals surface area contributed by atoms with Crippen LogP contribution in [0.3, 0.4) is 0 Å². The number of carboxylic acid groups (broad SMARTS) is 1. The molecule has 0 aliphatic rings. The molecule has 0 unspecified atom stereocenters. The first kappa shape index (κ1) is 21.1. The van der Waals surface area contributed by atoms with E-state index in [1.54, 1.807) is 37.6 Å². The van der Waals surface area contributed by atoms with Crippen LogP contribution < -0.4 is 4.74 Å². The van der Waals surface area contributed by atoms with Crippen LogP contribution in [0.25, 0.3) is 10.8 Å². The summed E-state index contributed by atoms with van der Waals surface area (Å²) in [6, 6.07) is 28.3. The Labute approximate surface area is 186 Å². The lowest BCUT2D eigenvalue weighted by Gasteiger charge is -2.33. The van der Waals surface area contributed by atoms with E-state index in [1.807, 2.05) is 60.7 Å². The molecule has 0 radical (unpaired) electrons. The molecule has 0 aliphatic carbocycles. The number of benzene rings is 3. The van der Waals surface area contributed by atoms with Crippen molar-refractivity contribution in [3.05, 3.63) is 108 Å². The van der Waals surface area contributed by atoms with Crippen LogP contribution in [-0.2, 0) is 11.2 Å². The van der Waals surface area contributed by atoms with Gasteiger partial charge in [-0.05, 0) is 34.5 Å². The maximum atomic E-state index is 12.9. The van der Waals surface area contributed by atoms with Crippen molar-refractivity contribution in [2.45, 2.75) is 12.3 Å². The normalized spacial score (nSPS) is 13.6. The van der Waals surface area contributed by atoms with Crippen molar-refractivity contribution in [3.8, 4) is 11.8 Å². The summed E-state index contributed by atoms with van der Waals surface area (Å²) < 4.78 is 5.61. The van der Waals surface area contributed by atoms with Crippen LogP contribution in [0.4, 0.5) is 0 Å². The standard InChI is InChI=1S/C27H22N2O3/c1-32-24-15-5-4-13-23(24)25(22-14-8-10-19-9-2-3-12-21(19)22)27(18-28,26(30)31)17-20-11-6-7-16-29-20/h2-16,25H,17H2,1H3,(H,30,31)/t25-,27+/m0/s1. The molecule has 0 fully saturated rings. The Bertz CT molecular complexity index is 1290. The number of hydrogen-bond acceptors (Lipinski definition) is 4. The van der Waals surface area contributed by atoms with Crippen molar-refractivity contribution in [2.75, 3.05) is 7.11 Å². The maximum Gasteiger partial charge on any atom is 0.325 e. The topological polar surface area (TPSA) is 83.2 Å². The SMILES string of the molecule is COc1ccccc1[C@H](c1cccc2ccccc12)[C@](C#N)(Cc1ccccn1)C(=O)O. The number of nitriles is 1. The molecule has 3 aromatic carbocycles. The van der Waals surface area contributed by atoms with Crippen LogP contribution in [0.1, 0.15) is 22.7 Å². The largest absolute Gasteiger partial charge is 0.496 e. The summed E-state index contributed by atoms with van der Waals surface area (Å²) in [6.45, 7) is 0. The van der Waals surface area contributed by atoms with Gasteiger partial charge in [-0.15, -0.1) is 0 Å². The molecule has 0 bridgehead atoms. The highest BCUT2D eigenvalue weighted by molar-refractivity contribution is 5.89. The van der Waals surface area contributed by atoms with Crippen LogP contribution in [0.5, 0.6) is 5.75 Å². The average Bonchev–Trinajstić information content (AvgIpc) is 2.84. The summed E-state index contributed by atoms with van der Waals surface area (Å²) >= 11 is 0. The number of carbonyl (C=O) groups is 1. The van der Waals surface area contributed by atoms with Gasteiger partial charge in [-0.2, -0.15) is 5.26 Å². The van der Waals surface area contributed by atoms with E-state index in [0.717, 1.165) is 16.3 Å². The molecule has 5 nitrogen and oxygen atoms in total. The van der Waals surface area contributed by atoms with Crippen LogP contribution in [-0.4, -0.2) is 23.2 Å². The van der Waals surface area contributed by atoms with Gasteiger partial charge in [-0.25, -0.2) is 0 Å². The first-order valence-corrected chi connectivity index (χ1v) is 10.3. The molecule has 5 heteroatoms. The Morgan fingerprint density at radius 1 is 1.00 bits per heavy atom. The second-order valence-corrected chi connectivity index (χ2v) is 7.63. The number of nitrogens with zero attached hydrogens (tertiary/aromatic N) is 2. The number of aromatic nitrogens is 1. The molecule has 0 saturated carbocycles. The predicted molar refractivity (Wildman–Crippen MR) is 122 cm³/mol. The van der Waals surface area contributed by atoms with Gasteiger partial charge in [0.1, 0.15) is 5.75 Å². The highest BCUT2D eigenvalue weighted by Crippen LogP contribution is 2.48. The molecule has 4 aromatic rings. The smallest absolute Gasteiger partial charge is 0.325 e. The van der Waals surface area contributed by atoms with Gasteiger partial charge in [-0.1, -0.05) is 66.7 Å². The maximum absolute atomic E-state index is 12.9. The van der Waals surface area contributed by atoms with Crippen LogP contribution in [0, 0.1) is 16.7 Å². The minimum atomic E-state index is -1.81. The predicted octanol–water partition coefficient (Wildman–Crippen LogP) is 5.21. The fraction of sp³-hybridized carbons (Fsp3) is 0.148. The van der Waals surface area contributed by atoms with Crippen LogP contribution >= 0.6 is 0 Å². The van der Waals surface area contributed by atoms with Gasteiger partial charge in [0.05, 0.1) is 13.2 Å². The first-order valence-electron chi connectivity index (χ1n) is 10.3. The van der Waals surface area contributed by atoms with E-state index in [4.69, 9.17) is 4.74 Å². The molecule has 1 heterocycles. The summed E-state index contributed by atoms with van der Waals surface area (Å²) in [7, 11) is 1.55. The molecule has 0 aliphatic heterocycles. The lowest BCUT2D eigenvalue weighted by atomic mass is 9.66. The van der Waals surface area contributed by atoms with Crippen molar-refractivity contribution in [3.63, 3.8) is 0 Å². The molecular weight excluding hydrogens is 400 g/mol. The van der Waals surface area contributed by atoms with Gasteiger partial charge in [0, 0.05) is 29.8 Å². The monoisotopic (exact) mass is 422 g/mol. The second kappa shape index (κ2) is 8.91. The zero-order chi connectivity index (χ0) is 22.6. The Hall–Kier alpha value is -4.17. The highest BCUT2D eigenvalue weighted by atomic mass is 16.5. The van der Waals surface area contributed by atoms with E-state index in [-0.39, 0.29) is 6.42 Å². The third-order valence-corrected chi connectivity index (χ3v) is 5.84. The summed E-state index contributed by atoms with van der Waals surface area (Å²) in [5, 5.41) is 22.8. The molecule has 2 atom stereocenters. The minimum Gasteiger partial charge on any atom is -0.496 e. The number of ether oxygens (including phenoxy) is 1. The van der Waals surface area contributed by atoms with Crippen LogP contribution in [0.2, 0.25) is 0 Å². The van der Waals surface area contributed by atoms with E-state index in [1.165, 1.54) is 0 Å². The number of methoxy groups -OCH3 is 1. The summed E-state index contributed by atoms with van der Waals surface area (Å²) in [4.78, 5) is 17.2. The van der Waals surface area contributed by atoms with Crippen molar-refractivity contribution >= 4 is 16.7 Å². The zero-order valence-electron chi connectivity index (χ0n) is 17.6. The van der Waals surface area contributed by atoms with Gasteiger partial charge >= 0.3 is 5.97 Å². The number of hydrogen-bond donors (Lipinski definition) is 1. The minimum absolute atomic E-state index is 0.0500. The Morgan fingerprint density at radius 2 is 1.69 bits per heavy atom. The number of pyridine rings is 1. The average molecular weight is 422 g/mol. The lowest BCUT2D eigenvalue weighted by Crippen LogP contribution is -2.39. The Balaban J connectivity index is 2.06. The van der Waals surface area contributed by atoms with E-state index in [9.17, 15) is 15.2 Å². The molecule has 0 spiro atoms. The van der Waals surface area contributed by atoms with Gasteiger partial charge in [0.2, 0.25) is 0 Å². The quantitative estimate of drug-likeness (QED) is 0.442. The molecular formula is C27H22N2O3. The first-order chi connectivity index (χ1) is 15.6. The lowest BCUT2D eigenvalue weighted by molar-refractivity contribution is -0.146. The summed E-state index contributed by atoms with van der Waals surface area (Å²) in [6.07, 6.45) is 1.56. The summed E-state index contributed by atoms with van der Waals surface area (Å²) in [5.74, 6) is -1.46. The molecule has 32 heavy (non-hydrogen) atoms. The molecule has 158 valence electrons. The fourth-order valence-electron chi connectivity index (χ4n) is 4.35. The van der Waals surface area contributed by atoms with Crippen molar-refractivity contribution in [2.24, 2.45) is 5.41 Å². The zero-order valence-corrected chi connectivity index (χ0v) is 17.6. The third kappa shape index (κ3) is 3.67. The van der Waals surface area contributed by atoms with E-state index in [0.29, 0.717) is 17.0 Å². The van der Waals surface area contributed by atoms with Gasteiger partial charge < -0.3 is 9.84 Å². The number of carboxylic acids is 1. The molecule has 0 saturated heterocycles. The van der Waals surface area contributed by atoms with Gasteiger partial charge in [-0.3, -0.25) is 9.78 Å². The van der Waals surface area contributed by atoms with Gasteiger partial charge in [0.15, 0.2) is 5.41 Å². The Kier molecular flexibility index (Phi) is 5.87. The fourth-order valence-corrected chi connectivity index (χ4v) is 4.35. The van der Waals surface area contributed by atoms with E-state index < -0.39 is 17.3 Å². The van der Waals surface area contributed by atoms with Crippen molar-refractivity contribution < 1.29 is 14.6 Å². The van der Waals surface area contributed by atoms with Crippen molar-refractivity contribution in [1.82, 2.24) is 4.98 Å². The summed E-state index contributed by atoms with van der Waals surface area (Å²) in [5.41, 5.74) is 0.128. The molecule has 1 N–H and O–H groups in total. The Morgan fingerprint density at radius 3 is 2.41 bits per heavy atom. The van der Waals surface area contributed by atoms with E-state index in [2.05, 4.69) is 11.1 Å². The highest BCUT2D eigenvalue weighted by Gasteiger charge is 2.50.